The zero-order valence-corrected chi connectivity index (χ0v) is 10.8. The van der Waals surface area contributed by atoms with Crippen molar-refractivity contribution in [1.82, 2.24) is 9.78 Å². The van der Waals surface area contributed by atoms with Gasteiger partial charge in [-0.1, -0.05) is 13.3 Å². The van der Waals surface area contributed by atoms with Gasteiger partial charge in [0.05, 0.1) is 4.88 Å². The molecule has 3 nitrogen and oxygen atoms in total. The van der Waals surface area contributed by atoms with E-state index in [4.69, 9.17) is 5.73 Å². The summed E-state index contributed by atoms with van der Waals surface area (Å²) >= 11 is 1.73. The Morgan fingerprint density at radius 2 is 2.25 bits per heavy atom. The minimum atomic E-state index is 0.796. The van der Waals surface area contributed by atoms with Crippen LogP contribution in [-0.2, 0) is 13.5 Å². The van der Waals surface area contributed by atoms with E-state index in [2.05, 4.69) is 30.4 Å². The van der Waals surface area contributed by atoms with Crippen LogP contribution in [0, 0.1) is 6.92 Å². The van der Waals surface area contributed by atoms with Crippen molar-refractivity contribution < 1.29 is 0 Å². The Kier molecular flexibility index (Phi) is 3.01. The number of hydrogen-bond acceptors (Lipinski definition) is 3. The van der Waals surface area contributed by atoms with Crippen molar-refractivity contribution in [1.29, 1.82) is 0 Å². The molecule has 16 heavy (non-hydrogen) atoms. The van der Waals surface area contributed by atoms with Crippen LogP contribution in [0.1, 0.15) is 24.5 Å². The highest BCUT2D eigenvalue weighted by Crippen LogP contribution is 2.33. The molecule has 0 saturated heterocycles. The van der Waals surface area contributed by atoms with Crippen LogP contribution in [0.4, 0.5) is 5.82 Å². The fourth-order valence-electron chi connectivity index (χ4n) is 1.88. The molecule has 0 amide bonds. The van der Waals surface area contributed by atoms with Crippen LogP contribution in [0.2, 0.25) is 0 Å². The van der Waals surface area contributed by atoms with Gasteiger partial charge in [0.15, 0.2) is 0 Å². The third kappa shape index (κ3) is 1.73. The number of aromatic nitrogens is 2. The topological polar surface area (TPSA) is 43.8 Å². The summed E-state index contributed by atoms with van der Waals surface area (Å²) in [6, 6.07) is 2.13. The van der Waals surface area contributed by atoms with Crippen LogP contribution in [-0.4, -0.2) is 9.78 Å². The molecule has 0 atom stereocenters. The Morgan fingerprint density at radius 1 is 1.50 bits per heavy atom. The quantitative estimate of drug-likeness (QED) is 0.888. The maximum Gasteiger partial charge on any atom is 0.125 e. The first kappa shape index (κ1) is 11.2. The second kappa shape index (κ2) is 4.29. The lowest BCUT2D eigenvalue weighted by atomic mass is 10.1. The molecule has 2 aromatic heterocycles. The van der Waals surface area contributed by atoms with E-state index < -0.39 is 0 Å². The highest BCUT2D eigenvalue weighted by molar-refractivity contribution is 7.13. The summed E-state index contributed by atoms with van der Waals surface area (Å²) in [5, 5.41) is 6.64. The number of anilines is 1. The fraction of sp³-hybridized carbons (Fsp3) is 0.417. The first-order valence-electron chi connectivity index (χ1n) is 5.51. The van der Waals surface area contributed by atoms with Gasteiger partial charge in [-0.15, -0.1) is 11.3 Å². The number of nitrogens with two attached hydrogens (primary N) is 1. The lowest BCUT2D eigenvalue weighted by molar-refractivity contribution is 0.781. The van der Waals surface area contributed by atoms with Gasteiger partial charge >= 0.3 is 0 Å². The van der Waals surface area contributed by atoms with Crippen LogP contribution in [0.3, 0.4) is 0 Å². The smallest absolute Gasteiger partial charge is 0.125 e. The highest BCUT2D eigenvalue weighted by atomic mass is 32.1. The third-order valence-corrected chi connectivity index (χ3v) is 3.79. The SMILES string of the molecule is CCCc1c(-c2sccc2C)nn(C)c1N. The zero-order valence-electron chi connectivity index (χ0n) is 9.95. The summed E-state index contributed by atoms with van der Waals surface area (Å²) in [6.45, 7) is 4.28. The molecule has 2 aromatic rings. The number of nitrogens with zero attached hydrogens (tertiary/aromatic N) is 2. The minimum Gasteiger partial charge on any atom is -0.384 e. The van der Waals surface area contributed by atoms with Crippen LogP contribution in [0.25, 0.3) is 10.6 Å². The van der Waals surface area contributed by atoms with Crippen molar-refractivity contribution in [3.63, 3.8) is 0 Å². The lowest BCUT2D eigenvalue weighted by Gasteiger charge is -2.01. The van der Waals surface area contributed by atoms with Crippen LogP contribution in [0.5, 0.6) is 0 Å². The molecule has 0 saturated carbocycles. The Bertz CT molecular complexity index is 496. The van der Waals surface area contributed by atoms with Gasteiger partial charge in [0.2, 0.25) is 0 Å². The second-order valence-corrected chi connectivity index (χ2v) is 4.93. The molecule has 0 fully saturated rings. The first-order valence-corrected chi connectivity index (χ1v) is 6.39. The number of aryl methyl sites for hydroxylation is 2. The average molecular weight is 235 g/mol. The third-order valence-electron chi connectivity index (χ3n) is 2.77. The van der Waals surface area contributed by atoms with Crippen LogP contribution in [0.15, 0.2) is 11.4 Å². The monoisotopic (exact) mass is 235 g/mol. The predicted molar refractivity (Wildman–Crippen MR) is 69.7 cm³/mol. The molecule has 4 heteroatoms. The van der Waals surface area contributed by atoms with Gasteiger partial charge in [-0.3, -0.25) is 4.68 Å². The standard InChI is InChI=1S/C12H17N3S/c1-4-5-9-10(14-15(3)12(9)13)11-8(2)6-7-16-11/h6-7H,4-5,13H2,1-3H3. The van der Waals surface area contributed by atoms with E-state index >= 15 is 0 Å². The number of thiophene rings is 1. The van der Waals surface area contributed by atoms with Crippen molar-refractivity contribution in [3.05, 3.63) is 22.6 Å². The van der Waals surface area contributed by atoms with Gasteiger partial charge in [-0.05, 0) is 30.4 Å². The van der Waals surface area contributed by atoms with Gasteiger partial charge in [0.1, 0.15) is 11.5 Å². The van der Waals surface area contributed by atoms with E-state index in [9.17, 15) is 0 Å². The summed E-state index contributed by atoms with van der Waals surface area (Å²) in [6.07, 6.45) is 2.08. The molecule has 0 aliphatic heterocycles. The summed E-state index contributed by atoms with van der Waals surface area (Å²) in [5.74, 6) is 0.796. The van der Waals surface area contributed by atoms with Gasteiger partial charge in [-0.25, -0.2) is 0 Å². The van der Waals surface area contributed by atoms with E-state index in [1.165, 1.54) is 16.0 Å². The first-order chi connectivity index (χ1) is 7.65. The molecule has 0 aliphatic carbocycles. The Labute approximate surface area is 99.9 Å². The number of hydrogen-bond donors (Lipinski definition) is 1. The van der Waals surface area contributed by atoms with Crippen molar-refractivity contribution in [2.24, 2.45) is 7.05 Å². The molecule has 0 spiro atoms. The summed E-state index contributed by atoms with van der Waals surface area (Å²) in [5.41, 5.74) is 9.58. The van der Waals surface area contributed by atoms with Gasteiger partial charge in [-0.2, -0.15) is 5.10 Å². The molecule has 0 aromatic carbocycles. The van der Waals surface area contributed by atoms with E-state index in [-0.39, 0.29) is 0 Å². The Hall–Kier alpha value is -1.29. The molecule has 2 N–H and O–H groups in total. The summed E-state index contributed by atoms with van der Waals surface area (Å²) < 4.78 is 1.78. The molecule has 0 unspecified atom stereocenters. The summed E-state index contributed by atoms with van der Waals surface area (Å²) in [4.78, 5) is 1.25. The maximum atomic E-state index is 6.05. The molecular formula is C12H17N3S. The van der Waals surface area contributed by atoms with Crippen molar-refractivity contribution in [2.45, 2.75) is 26.7 Å². The van der Waals surface area contributed by atoms with Crippen molar-refractivity contribution in [2.75, 3.05) is 5.73 Å². The zero-order chi connectivity index (χ0) is 11.7. The minimum absolute atomic E-state index is 0.796. The van der Waals surface area contributed by atoms with Gasteiger partial charge < -0.3 is 5.73 Å². The average Bonchev–Trinajstić information content (AvgIpc) is 2.77. The Morgan fingerprint density at radius 3 is 2.81 bits per heavy atom. The molecule has 2 heterocycles. The van der Waals surface area contributed by atoms with Gasteiger partial charge in [0, 0.05) is 12.6 Å². The molecule has 2 rings (SSSR count). The molecular weight excluding hydrogens is 218 g/mol. The van der Waals surface area contributed by atoms with Crippen LogP contribution < -0.4 is 5.73 Å². The molecule has 0 bridgehead atoms. The predicted octanol–water partition coefficient (Wildman–Crippen LogP) is 2.99. The van der Waals surface area contributed by atoms with Crippen LogP contribution >= 0.6 is 11.3 Å². The van der Waals surface area contributed by atoms with Crippen molar-refractivity contribution in [3.8, 4) is 10.6 Å². The largest absolute Gasteiger partial charge is 0.384 e. The van der Waals surface area contributed by atoms with E-state index in [1.807, 2.05) is 7.05 Å². The maximum absolute atomic E-state index is 6.05. The molecule has 0 radical (unpaired) electrons. The Balaban J connectivity index is 2.56. The van der Waals surface area contributed by atoms with Gasteiger partial charge in [0.25, 0.3) is 0 Å². The van der Waals surface area contributed by atoms with E-state index in [0.717, 1.165) is 24.4 Å². The fourth-order valence-corrected chi connectivity index (χ4v) is 2.81. The molecule has 86 valence electrons. The summed E-state index contributed by atoms with van der Waals surface area (Å²) in [7, 11) is 1.90. The lowest BCUT2D eigenvalue weighted by Crippen LogP contribution is -1.99. The van der Waals surface area contributed by atoms with E-state index in [0.29, 0.717) is 0 Å². The second-order valence-electron chi connectivity index (χ2n) is 4.02. The number of rotatable bonds is 3. The normalized spacial score (nSPS) is 10.9. The molecule has 0 aliphatic rings. The van der Waals surface area contributed by atoms with Crippen molar-refractivity contribution >= 4 is 17.2 Å². The van der Waals surface area contributed by atoms with E-state index in [1.54, 1.807) is 16.0 Å². The highest BCUT2D eigenvalue weighted by Gasteiger charge is 2.16. The number of nitrogen functional groups attached to an aromatic ring is 1.